The zero-order valence-electron chi connectivity index (χ0n) is 37.8. The van der Waals surface area contributed by atoms with Crippen molar-refractivity contribution >= 4 is 47.5 Å². The number of rotatable bonds is 25. The number of esters is 1. The van der Waals surface area contributed by atoms with Gasteiger partial charge in [-0.05, 0) is 87.6 Å². The van der Waals surface area contributed by atoms with E-state index in [9.17, 15) is 33.6 Å². The van der Waals surface area contributed by atoms with Gasteiger partial charge in [-0.2, -0.15) is 5.06 Å². The Kier molecular flexibility index (Phi) is 18.8. The number of amides is 4. The van der Waals surface area contributed by atoms with E-state index in [-0.39, 0.29) is 66.9 Å². The van der Waals surface area contributed by atoms with Gasteiger partial charge in [0.25, 0.3) is 11.8 Å². The Morgan fingerprint density at radius 2 is 1.65 bits per heavy atom. The molecule has 0 saturated carbocycles. The fourth-order valence-corrected chi connectivity index (χ4v) is 7.65. The number of hydrogen-bond donors (Lipinski definition) is 3. The number of anilines is 1. The Balaban J connectivity index is 1.20. The van der Waals surface area contributed by atoms with E-state index in [2.05, 4.69) is 16.0 Å². The highest BCUT2D eigenvalue weighted by atomic mass is 19.1. The lowest BCUT2D eigenvalue weighted by Crippen LogP contribution is -2.49. The largest absolute Gasteiger partial charge is 0.493 e. The van der Waals surface area contributed by atoms with E-state index >= 15 is 4.39 Å². The summed E-state index contributed by atoms with van der Waals surface area (Å²) in [5.41, 5.74) is 1.58. The number of halogens is 1. The van der Waals surface area contributed by atoms with Crippen LogP contribution in [0.4, 0.5) is 10.1 Å². The lowest BCUT2D eigenvalue weighted by Gasteiger charge is -2.31. The summed E-state index contributed by atoms with van der Waals surface area (Å²) in [5.74, 6) is -4.97. The van der Waals surface area contributed by atoms with Crippen molar-refractivity contribution in [3.63, 3.8) is 0 Å². The molecule has 0 bridgehead atoms. The average Bonchev–Trinajstić information content (AvgIpc) is 4.04. The summed E-state index contributed by atoms with van der Waals surface area (Å²) in [5, 5.41) is 8.70. The van der Waals surface area contributed by atoms with Crippen LogP contribution in [0.15, 0.2) is 83.3 Å². The predicted octanol–water partition coefficient (Wildman–Crippen LogP) is 6.91. The van der Waals surface area contributed by atoms with Crippen molar-refractivity contribution in [2.45, 2.75) is 97.8 Å². The number of hydrogen-bond acceptors (Lipinski definition) is 12. The van der Waals surface area contributed by atoms with Crippen LogP contribution in [0.25, 0.3) is 11.3 Å². The maximum Gasteiger partial charge on any atom is 0.363 e. The minimum Gasteiger partial charge on any atom is -0.493 e. The van der Waals surface area contributed by atoms with E-state index in [0.29, 0.717) is 30.5 Å². The summed E-state index contributed by atoms with van der Waals surface area (Å²) in [6, 6.07) is 18.5. The van der Waals surface area contributed by atoms with E-state index in [0.717, 1.165) is 55.5 Å². The lowest BCUT2D eigenvalue weighted by molar-refractivity contribution is -0.171. The van der Waals surface area contributed by atoms with Crippen molar-refractivity contribution in [1.29, 1.82) is 0 Å². The highest BCUT2D eigenvalue weighted by molar-refractivity contribution is 6.00. The predicted molar refractivity (Wildman–Crippen MR) is 241 cm³/mol. The van der Waals surface area contributed by atoms with Crippen molar-refractivity contribution in [1.82, 2.24) is 21.0 Å². The molecule has 3 atom stereocenters. The van der Waals surface area contributed by atoms with Gasteiger partial charge >= 0.3 is 11.9 Å². The zero-order chi connectivity index (χ0) is 47.6. The van der Waals surface area contributed by atoms with E-state index in [1.165, 1.54) is 31.2 Å². The number of unbranched alkanes of at least 4 members (excludes halogenated alkanes) is 2. The highest BCUT2D eigenvalue weighted by Crippen LogP contribution is 2.30. The summed E-state index contributed by atoms with van der Waals surface area (Å²) in [7, 11) is 0. The molecule has 352 valence electrons. The van der Waals surface area contributed by atoms with Crippen LogP contribution in [0.5, 0.6) is 5.75 Å². The van der Waals surface area contributed by atoms with Gasteiger partial charge < -0.3 is 39.6 Å². The molecule has 1 aromatic heterocycles. The molecule has 1 aliphatic heterocycles. The minimum absolute atomic E-state index is 0.0396. The maximum atomic E-state index is 15.0. The second-order valence-corrected chi connectivity index (χ2v) is 15.8. The first-order valence-electron chi connectivity index (χ1n) is 22.3. The number of Topliss-reactive ketones (excluding diaryl/α,β-unsaturated/α-hetero) is 1. The Hall–Kier alpha value is -7.04. The maximum absolute atomic E-state index is 15.0. The molecule has 66 heavy (non-hydrogen) atoms. The summed E-state index contributed by atoms with van der Waals surface area (Å²) in [4.78, 5) is 98.3. The number of furan rings is 1. The topological polar surface area (TPSA) is 203 Å². The van der Waals surface area contributed by atoms with Gasteiger partial charge in [0.15, 0.2) is 5.76 Å². The van der Waals surface area contributed by atoms with Crippen LogP contribution >= 0.6 is 0 Å². The average molecular weight is 912 g/mol. The summed E-state index contributed by atoms with van der Waals surface area (Å²) in [6.45, 7) is 8.05. The molecule has 3 N–H and O–H groups in total. The molecular formula is C49H58FN5O11. The molecule has 4 amide bonds. The first-order valence-corrected chi connectivity index (χ1v) is 22.3. The fourth-order valence-electron chi connectivity index (χ4n) is 7.65. The monoisotopic (exact) mass is 911 g/mol. The Morgan fingerprint density at radius 1 is 0.894 bits per heavy atom. The van der Waals surface area contributed by atoms with Gasteiger partial charge in [-0.3, -0.25) is 24.0 Å². The molecule has 0 radical (unpaired) electrons. The van der Waals surface area contributed by atoms with Crippen LogP contribution < -0.4 is 25.6 Å². The van der Waals surface area contributed by atoms with Crippen molar-refractivity contribution in [3.05, 3.63) is 107 Å². The van der Waals surface area contributed by atoms with Gasteiger partial charge in [0.05, 0.1) is 42.0 Å². The lowest BCUT2D eigenvalue weighted by atomic mass is 9.90. The minimum atomic E-state index is -1.25. The third-order valence-electron chi connectivity index (χ3n) is 11.0. The van der Waals surface area contributed by atoms with E-state index in [4.69, 9.17) is 18.7 Å². The van der Waals surface area contributed by atoms with Crippen LogP contribution in [0.3, 0.4) is 0 Å². The van der Waals surface area contributed by atoms with Gasteiger partial charge in [-0.15, -0.1) is 0 Å². The Morgan fingerprint density at radius 3 is 2.32 bits per heavy atom. The van der Waals surface area contributed by atoms with Crippen molar-refractivity contribution in [2.75, 3.05) is 31.3 Å². The molecule has 0 aliphatic carbocycles. The van der Waals surface area contributed by atoms with Crippen molar-refractivity contribution < 1.29 is 56.7 Å². The number of benzene rings is 3. The molecule has 16 nitrogen and oxygen atoms in total. The molecule has 1 fully saturated rings. The summed E-state index contributed by atoms with van der Waals surface area (Å²) < 4.78 is 32.0. The number of hydroxylamine groups is 2. The fraction of sp³-hybridized carbons (Fsp3) is 0.408. The number of ketones is 1. The molecule has 4 aromatic rings. The normalized spacial score (nSPS) is 13.4. The van der Waals surface area contributed by atoms with Crippen molar-refractivity contribution in [3.8, 4) is 17.1 Å². The smallest absolute Gasteiger partial charge is 0.363 e. The van der Waals surface area contributed by atoms with Gasteiger partial charge in [0.2, 0.25) is 12.3 Å². The van der Waals surface area contributed by atoms with Crippen LogP contribution in [-0.4, -0.2) is 85.4 Å². The molecule has 2 heterocycles. The van der Waals surface area contributed by atoms with Crippen molar-refractivity contribution in [2.24, 2.45) is 5.92 Å². The number of carbonyl (C=O) groups is 7. The summed E-state index contributed by atoms with van der Waals surface area (Å²) in [6.07, 6.45) is 4.83. The third-order valence-corrected chi connectivity index (χ3v) is 11.0. The van der Waals surface area contributed by atoms with Gasteiger partial charge in [0, 0.05) is 25.1 Å². The molecule has 5 rings (SSSR count). The van der Waals surface area contributed by atoms with Gasteiger partial charge in [-0.1, -0.05) is 69.5 Å². The molecule has 3 aromatic carbocycles. The van der Waals surface area contributed by atoms with E-state index < -0.39 is 53.5 Å². The van der Waals surface area contributed by atoms with Crippen LogP contribution in [-0.2, 0) is 35.4 Å². The quantitative estimate of drug-likeness (QED) is 0.0204. The zero-order valence-corrected chi connectivity index (χ0v) is 37.8. The van der Waals surface area contributed by atoms with Crippen LogP contribution in [0.2, 0.25) is 0 Å². The SMILES string of the molecule is CCCCC[C@@H](C(=O)NCNC(=O)c1ccc(-c2ccc(C(=O)N[C@@H](CC(C)=O)C(=O)OCc3ccccc3)c(OCC)c2)o1)[C@@H](CC)N(C=O)OC(=O)c1ccc(N2CCCC2)c(F)c1. The Labute approximate surface area is 383 Å². The first kappa shape index (κ1) is 50.0. The van der Waals surface area contributed by atoms with Crippen LogP contribution in [0.1, 0.15) is 116 Å². The molecular weight excluding hydrogens is 854 g/mol. The number of ether oxygens (including phenoxy) is 2. The summed E-state index contributed by atoms with van der Waals surface area (Å²) >= 11 is 0. The molecule has 0 unspecified atom stereocenters. The third kappa shape index (κ3) is 13.7. The standard InChI is InChI=1S/C49H58FN5O11/c1-5-8-10-17-36(40(6-2)55(31-56)66-48(61)35-19-21-41(38(50)27-35)54-24-13-14-25-54)45(58)51-30-52-47(60)43-23-22-42(65-43)34-18-20-37(44(28-34)63-7-3)46(59)53-39(26-32(4)57)49(62)64-29-33-15-11-9-12-16-33/h9,11-12,15-16,18-23,27-28,31,36,39-40H,5-8,10,13-14,17,24-26,29-30H2,1-4H3,(H,51,58)(H,52,60)(H,53,59)/t36-,39+,40-/m1/s1. The molecule has 17 heteroatoms. The number of carbonyl (C=O) groups excluding carboxylic acids is 7. The number of nitrogens with one attached hydrogen (secondary N) is 3. The second kappa shape index (κ2) is 24.9. The van der Waals surface area contributed by atoms with E-state index in [1.54, 1.807) is 56.3 Å². The molecule has 0 spiro atoms. The van der Waals surface area contributed by atoms with E-state index in [1.807, 2.05) is 17.9 Å². The molecule has 1 saturated heterocycles. The van der Waals surface area contributed by atoms with Crippen LogP contribution in [0, 0.1) is 11.7 Å². The van der Waals surface area contributed by atoms with Gasteiger partial charge in [-0.25, -0.2) is 14.0 Å². The second-order valence-electron chi connectivity index (χ2n) is 15.8. The first-order chi connectivity index (χ1) is 31.9. The number of nitrogens with zero attached hydrogens (tertiary/aromatic N) is 2. The highest BCUT2D eigenvalue weighted by Gasteiger charge is 2.34. The molecule has 1 aliphatic rings. The van der Waals surface area contributed by atoms with Gasteiger partial charge in [0.1, 0.15) is 35.8 Å². The Bertz CT molecular complexity index is 2310.